The molecule has 0 aliphatic heterocycles. The molecule has 0 saturated heterocycles. The molecule has 100 valence electrons. The number of amides is 1. The first-order valence-corrected chi connectivity index (χ1v) is 6.99. The van der Waals surface area contributed by atoms with Gasteiger partial charge in [-0.15, -0.1) is 0 Å². The van der Waals surface area contributed by atoms with E-state index in [4.69, 9.17) is 4.42 Å². The van der Waals surface area contributed by atoms with Crippen molar-refractivity contribution in [3.8, 4) is 0 Å². The van der Waals surface area contributed by atoms with Crippen LogP contribution < -0.4 is 5.32 Å². The Balaban J connectivity index is 1.89. The van der Waals surface area contributed by atoms with E-state index >= 15 is 0 Å². The van der Waals surface area contributed by atoms with Gasteiger partial charge in [-0.3, -0.25) is 4.79 Å². The van der Waals surface area contributed by atoms with Crippen LogP contribution in [0.1, 0.15) is 16.1 Å². The van der Waals surface area contributed by atoms with Gasteiger partial charge in [-0.2, -0.15) is 0 Å². The highest BCUT2D eigenvalue weighted by molar-refractivity contribution is 9.10. The van der Waals surface area contributed by atoms with Crippen molar-refractivity contribution < 1.29 is 9.21 Å². The van der Waals surface area contributed by atoms with Gasteiger partial charge in [-0.05, 0) is 37.3 Å². The van der Waals surface area contributed by atoms with Crippen LogP contribution in [0, 0.1) is 6.92 Å². The lowest BCUT2D eigenvalue weighted by molar-refractivity contribution is 0.0998. The fourth-order valence-electron chi connectivity index (χ4n) is 1.97. The van der Waals surface area contributed by atoms with Gasteiger partial charge >= 0.3 is 0 Å². The topological polar surface area (TPSA) is 42.2 Å². The van der Waals surface area contributed by atoms with Crippen LogP contribution in [0.2, 0.25) is 0 Å². The first-order valence-electron chi connectivity index (χ1n) is 6.19. The number of halogens is 1. The van der Waals surface area contributed by atoms with Gasteiger partial charge in [0, 0.05) is 15.5 Å². The van der Waals surface area contributed by atoms with Crippen molar-refractivity contribution in [2.24, 2.45) is 0 Å². The van der Waals surface area contributed by atoms with Gasteiger partial charge in [0.1, 0.15) is 5.58 Å². The van der Waals surface area contributed by atoms with Crippen molar-refractivity contribution in [2.45, 2.75) is 6.92 Å². The van der Waals surface area contributed by atoms with E-state index in [1.165, 1.54) is 0 Å². The fraction of sp³-hybridized carbons (Fsp3) is 0.0625. The average Bonchev–Trinajstić information content (AvgIpc) is 2.87. The monoisotopic (exact) mass is 329 g/mol. The molecule has 0 unspecified atom stereocenters. The first kappa shape index (κ1) is 12.9. The molecule has 1 heterocycles. The van der Waals surface area contributed by atoms with Crippen LogP contribution in [-0.4, -0.2) is 5.91 Å². The van der Waals surface area contributed by atoms with Crippen LogP contribution >= 0.6 is 15.9 Å². The summed E-state index contributed by atoms with van der Waals surface area (Å²) in [4.78, 5) is 12.2. The summed E-state index contributed by atoms with van der Waals surface area (Å²) in [6, 6.07) is 15.0. The summed E-state index contributed by atoms with van der Waals surface area (Å²) in [6.07, 6.45) is 0. The summed E-state index contributed by atoms with van der Waals surface area (Å²) >= 11 is 3.44. The lowest BCUT2D eigenvalue weighted by Gasteiger charge is -2.02. The summed E-state index contributed by atoms with van der Waals surface area (Å²) in [6.45, 7) is 2.00. The molecule has 1 amide bonds. The minimum absolute atomic E-state index is 0.253. The Kier molecular flexibility index (Phi) is 3.32. The minimum atomic E-state index is -0.253. The molecular formula is C16H12BrNO2. The first-order chi connectivity index (χ1) is 9.63. The van der Waals surface area contributed by atoms with E-state index in [9.17, 15) is 4.79 Å². The quantitative estimate of drug-likeness (QED) is 0.736. The lowest BCUT2D eigenvalue weighted by Crippen LogP contribution is -2.10. The highest BCUT2D eigenvalue weighted by atomic mass is 79.9. The Labute approximate surface area is 124 Å². The number of furan rings is 1. The van der Waals surface area contributed by atoms with Gasteiger partial charge in [0.05, 0.1) is 0 Å². The molecule has 0 saturated carbocycles. The zero-order valence-electron chi connectivity index (χ0n) is 10.8. The third-order valence-corrected chi connectivity index (χ3v) is 3.73. The maximum Gasteiger partial charge on any atom is 0.291 e. The number of carbonyl (C=O) groups excluding carboxylic acids is 1. The molecule has 0 radical (unpaired) electrons. The molecule has 1 aromatic heterocycles. The predicted octanol–water partition coefficient (Wildman–Crippen LogP) is 4.76. The van der Waals surface area contributed by atoms with Crippen LogP contribution in [0.4, 0.5) is 5.69 Å². The van der Waals surface area contributed by atoms with Crippen molar-refractivity contribution in [1.82, 2.24) is 0 Å². The van der Waals surface area contributed by atoms with Crippen molar-refractivity contribution in [3.05, 3.63) is 64.3 Å². The second kappa shape index (κ2) is 5.13. The van der Waals surface area contributed by atoms with Crippen molar-refractivity contribution in [3.63, 3.8) is 0 Å². The normalized spacial score (nSPS) is 10.7. The molecule has 2 aromatic carbocycles. The van der Waals surface area contributed by atoms with Crippen LogP contribution in [0.5, 0.6) is 0 Å². The molecule has 20 heavy (non-hydrogen) atoms. The number of nitrogens with one attached hydrogen (secondary N) is 1. The molecule has 0 spiro atoms. The Morgan fingerprint density at radius 3 is 2.60 bits per heavy atom. The standard InChI is InChI=1S/C16H12BrNO2/c1-10-5-7-11(8-6-10)18-16(19)15-9-12-13(17)3-2-4-14(12)20-15/h2-9H,1H3,(H,18,19). The van der Waals surface area contributed by atoms with E-state index in [1.54, 1.807) is 6.07 Å². The Morgan fingerprint density at radius 1 is 1.15 bits per heavy atom. The molecule has 0 aliphatic rings. The number of rotatable bonds is 2. The number of benzene rings is 2. The van der Waals surface area contributed by atoms with E-state index < -0.39 is 0 Å². The zero-order chi connectivity index (χ0) is 14.1. The highest BCUT2D eigenvalue weighted by Crippen LogP contribution is 2.27. The maximum absolute atomic E-state index is 12.2. The van der Waals surface area contributed by atoms with E-state index in [2.05, 4.69) is 21.2 Å². The van der Waals surface area contributed by atoms with Gasteiger partial charge in [-0.25, -0.2) is 0 Å². The van der Waals surface area contributed by atoms with Gasteiger partial charge in [0.25, 0.3) is 5.91 Å². The summed E-state index contributed by atoms with van der Waals surface area (Å²) in [5.74, 6) is 0.0458. The van der Waals surface area contributed by atoms with Crippen LogP contribution in [0.3, 0.4) is 0 Å². The Morgan fingerprint density at radius 2 is 1.90 bits per heavy atom. The summed E-state index contributed by atoms with van der Waals surface area (Å²) in [5, 5.41) is 3.71. The van der Waals surface area contributed by atoms with E-state index in [0.717, 1.165) is 21.1 Å². The number of carbonyl (C=O) groups is 1. The molecule has 0 bridgehead atoms. The van der Waals surface area contributed by atoms with Gasteiger partial charge in [0.15, 0.2) is 5.76 Å². The SMILES string of the molecule is Cc1ccc(NC(=O)c2cc3c(Br)cccc3o2)cc1. The summed E-state index contributed by atoms with van der Waals surface area (Å²) in [7, 11) is 0. The molecule has 3 nitrogen and oxygen atoms in total. The number of anilines is 1. The molecule has 3 rings (SSSR count). The zero-order valence-corrected chi connectivity index (χ0v) is 12.4. The van der Waals surface area contributed by atoms with Gasteiger partial charge in [-0.1, -0.05) is 39.7 Å². The molecule has 0 atom stereocenters. The van der Waals surface area contributed by atoms with Crippen molar-refractivity contribution >= 4 is 38.5 Å². The second-order valence-corrected chi connectivity index (χ2v) is 5.44. The van der Waals surface area contributed by atoms with E-state index in [-0.39, 0.29) is 5.91 Å². The minimum Gasteiger partial charge on any atom is -0.451 e. The van der Waals surface area contributed by atoms with Crippen LogP contribution in [0.25, 0.3) is 11.0 Å². The lowest BCUT2D eigenvalue weighted by atomic mass is 10.2. The number of hydrogen-bond acceptors (Lipinski definition) is 2. The van der Waals surface area contributed by atoms with E-state index in [1.807, 2.05) is 49.4 Å². The number of hydrogen-bond donors (Lipinski definition) is 1. The average molecular weight is 330 g/mol. The molecule has 4 heteroatoms. The Hall–Kier alpha value is -2.07. The molecule has 1 N–H and O–H groups in total. The largest absolute Gasteiger partial charge is 0.451 e. The predicted molar refractivity (Wildman–Crippen MR) is 83.0 cm³/mol. The van der Waals surface area contributed by atoms with Gasteiger partial charge in [0.2, 0.25) is 0 Å². The van der Waals surface area contributed by atoms with Crippen molar-refractivity contribution in [1.29, 1.82) is 0 Å². The van der Waals surface area contributed by atoms with Crippen LogP contribution in [-0.2, 0) is 0 Å². The third kappa shape index (κ3) is 2.47. The maximum atomic E-state index is 12.2. The fourth-order valence-corrected chi connectivity index (χ4v) is 2.43. The number of fused-ring (bicyclic) bond motifs is 1. The molecule has 0 fully saturated rings. The summed E-state index contributed by atoms with van der Waals surface area (Å²) < 4.78 is 6.47. The van der Waals surface area contributed by atoms with Gasteiger partial charge < -0.3 is 9.73 Å². The number of aryl methyl sites for hydroxylation is 1. The Bertz CT molecular complexity index is 775. The molecule has 0 aliphatic carbocycles. The molecule has 3 aromatic rings. The van der Waals surface area contributed by atoms with Crippen LogP contribution in [0.15, 0.2) is 57.4 Å². The highest BCUT2D eigenvalue weighted by Gasteiger charge is 2.13. The third-order valence-electron chi connectivity index (χ3n) is 3.04. The van der Waals surface area contributed by atoms with Crippen molar-refractivity contribution in [2.75, 3.05) is 5.32 Å². The second-order valence-electron chi connectivity index (χ2n) is 4.58. The van der Waals surface area contributed by atoms with E-state index in [0.29, 0.717) is 11.3 Å². The smallest absolute Gasteiger partial charge is 0.291 e. The summed E-state index contributed by atoms with van der Waals surface area (Å²) in [5.41, 5.74) is 2.59. The molecular weight excluding hydrogens is 318 g/mol.